The minimum Gasteiger partial charge on any atom is -0.489 e. The molecule has 0 heterocycles. The second-order valence-electron chi connectivity index (χ2n) is 7.32. The van der Waals surface area contributed by atoms with Gasteiger partial charge < -0.3 is 14.8 Å². The predicted molar refractivity (Wildman–Crippen MR) is 121 cm³/mol. The Bertz CT molecular complexity index is 1010. The summed E-state index contributed by atoms with van der Waals surface area (Å²) in [6.45, 7) is 1.99. The van der Waals surface area contributed by atoms with E-state index in [0.717, 1.165) is 47.4 Å². The first-order valence-electron chi connectivity index (χ1n) is 10.3. The summed E-state index contributed by atoms with van der Waals surface area (Å²) in [5.41, 5.74) is 4.61. The third-order valence-electron chi connectivity index (χ3n) is 4.90. The second kappa shape index (κ2) is 11.0. The van der Waals surface area contributed by atoms with Gasteiger partial charge in [-0.25, -0.2) is 4.79 Å². The predicted octanol–water partition coefficient (Wildman–Crippen LogP) is 5.19. The summed E-state index contributed by atoms with van der Waals surface area (Å²) in [6.07, 6.45) is 2.57. The molecule has 1 amide bonds. The number of benzene rings is 3. The van der Waals surface area contributed by atoms with Crippen LogP contribution in [0.1, 0.15) is 40.4 Å². The van der Waals surface area contributed by atoms with Gasteiger partial charge in [0.15, 0.2) is 0 Å². The lowest BCUT2D eigenvalue weighted by molar-refractivity contribution is -0.114. The van der Waals surface area contributed by atoms with Crippen LogP contribution in [0.2, 0.25) is 0 Å². The highest BCUT2D eigenvalue weighted by Gasteiger charge is 2.09. The summed E-state index contributed by atoms with van der Waals surface area (Å²) in [5, 5.41) is 2.84. The Balaban J connectivity index is 1.66. The quantitative estimate of drug-likeness (QED) is 0.487. The van der Waals surface area contributed by atoms with Crippen molar-refractivity contribution < 1.29 is 19.1 Å². The van der Waals surface area contributed by atoms with Gasteiger partial charge in [-0.3, -0.25) is 4.79 Å². The smallest absolute Gasteiger partial charge is 0.337 e. The van der Waals surface area contributed by atoms with Crippen LogP contribution in [0.4, 0.5) is 5.69 Å². The largest absolute Gasteiger partial charge is 0.489 e. The van der Waals surface area contributed by atoms with Crippen LogP contribution in [0.25, 0.3) is 0 Å². The number of nitrogens with one attached hydrogen (secondary N) is 1. The summed E-state index contributed by atoms with van der Waals surface area (Å²) in [5.74, 6) is 0.384. The van der Waals surface area contributed by atoms with E-state index in [1.807, 2.05) is 60.7 Å². The molecule has 1 N–H and O–H groups in total. The van der Waals surface area contributed by atoms with Gasteiger partial charge in [0.05, 0.1) is 12.7 Å². The fraction of sp³-hybridized carbons (Fsp3) is 0.231. The van der Waals surface area contributed by atoms with Crippen molar-refractivity contribution in [2.24, 2.45) is 0 Å². The van der Waals surface area contributed by atoms with Crippen LogP contribution in [-0.2, 0) is 29.0 Å². The van der Waals surface area contributed by atoms with Crippen molar-refractivity contribution in [1.29, 1.82) is 0 Å². The van der Waals surface area contributed by atoms with Gasteiger partial charge in [-0.1, -0.05) is 42.5 Å². The lowest BCUT2D eigenvalue weighted by Gasteiger charge is -2.14. The van der Waals surface area contributed by atoms with Crippen LogP contribution in [0.5, 0.6) is 5.75 Å². The van der Waals surface area contributed by atoms with Crippen molar-refractivity contribution in [2.45, 2.75) is 32.8 Å². The maximum Gasteiger partial charge on any atom is 0.337 e. The van der Waals surface area contributed by atoms with Crippen molar-refractivity contribution in [3.05, 3.63) is 95.1 Å². The number of amides is 1. The zero-order valence-electron chi connectivity index (χ0n) is 17.9. The zero-order chi connectivity index (χ0) is 22.1. The van der Waals surface area contributed by atoms with E-state index in [1.54, 1.807) is 12.1 Å². The summed E-state index contributed by atoms with van der Waals surface area (Å²) < 4.78 is 10.8. The number of ether oxygens (including phenoxy) is 2. The van der Waals surface area contributed by atoms with Crippen LogP contribution in [0.15, 0.2) is 72.8 Å². The molecule has 5 nitrogen and oxygen atoms in total. The van der Waals surface area contributed by atoms with Crippen LogP contribution >= 0.6 is 0 Å². The third kappa shape index (κ3) is 6.71. The standard InChI is InChI=1S/C26H27NO4/c1-19(28)27-24-15-16-25(31-18-21-7-4-3-5-8-21)23(17-24)10-6-9-20-11-13-22(14-12-20)26(29)30-2/h3-5,7-8,11-17H,6,9-10,18H2,1-2H3,(H,27,28). The van der Waals surface area contributed by atoms with Gasteiger partial charge >= 0.3 is 5.97 Å². The van der Waals surface area contributed by atoms with Crippen LogP contribution < -0.4 is 10.1 Å². The molecule has 0 aliphatic rings. The molecule has 31 heavy (non-hydrogen) atoms. The Morgan fingerprint density at radius 1 is 0.871 bits per heavy atom. The average molecular weight is 418 g/mol. The minimum absolute atomic E-state index is 0.102. The van der Waals surface area contributed by atoms with Gasteiger partial charge in [0.2, 0.25) is 5.91 Å². The summed E-state index contributed by atoms with van der Waals surface area (Å²) >= 11 is 0. The molecule has 0 saturated heterocycles. The average Bonchev–Trinajstić information content (AvgIpc) is 2.79. The van der Waals surface area contributed by atoms with E-state index in [9.17, 15) is 9.59 Å². The molecule has 0 unspecified atom stereocenters. The number of hydrogen-bond donors (Lipinski definition) is 1. The summed E-state index contributed by atoms with van der Waals surface area (Å²) in [4.78, 5) is 23.0. The number of carbonyl (C=O) groups excluding carboxylic acids is 2. The molecule has 3 aromatic carbocycles. The van der Waals surface area contributed by atoms with Gasteiger partial charge in [0.25, 0.3) is 0 Å². The van der Waals surface area contributed by atoms with Gasteiger partial charge in [0, 0.05) is 12.6 Å². The van der Waals surface area contributed by atoms with Crippen molar-refractivity contribution in [2.75, 3.05) is 12.4 Å². The van der Waals surface area contributed by atoms with E-state index >= 15 is 0 Å². The topological polar surface area (TPSA) is 64.6 Å². The molecule has 0 saturated carbocycles. The molecular formula is C26H27NO4. The SMILES string of the molecule is COC(=O)c1ccc(CCCc2cc(NC(C)=O)ccc2OCc2ccccc2)cc1. The molecule has 0 radical (unpaired) electrons. The van der Waals surface area contributed by atoms with E-state index in [4.69, 9.17) is 9.47 Å². The third-order valence-corrected chi connectivity index (χ3v) is 4.90. The molecule has 0 fully saturated rings. The van der Waals surface area contributed by atoms with Crippen molar-refractivity contribution in [3.8, 4) is 5.75 Å². The lowest BCUT2D eigenvalue weighted by Crippen LogP contribution is -2.07. The maximum atomic E-state index is 11.6. The maximum absolute atomic E-state index is 11.6. The fourth-order valence-corrected chi connectivity index (χ4v) is 3.34. The normalized spacial score (nSPS) is 10.4. The summed E-state index contributed by atoms with van der Waals surface area (Å²) in [7, 11) is 1.38. The molecule has 0 bridgehead atoms. The van der Waals surface area contributed by atoms with Crippen LogP contribution in [0.3, 0.4) is 0 Å². The van der Waals surface area contributed by atoms with E-state index in [-0.39, 0.29) is 11.9 Å². The molecule has 3 rings (SSSR count). The molecular weight excluding hydrogens is 390 g/mol. The Kier molecular flexibility index (Phi) is 7.82. The van der Waals surface area contributed by atoms with Crippen molar-refractivity contribution in [3.63, 3.8) is 0 Å². The molecule has 5 heteroatoms. The number of aryl methyl sites for hydroxylation is 2. The fourth-order valence-electron chi connectivity index (χ4n) is 3.34. The number of hydrogen-bond acceptors (Lipinski definition) is 4. The first-order valence-corrected chi connectivity index (χ1v) is 10.3. The van der Waals surface area contributed by atoms with Gasteiger partial charge in [0.1, 0.15) is 12.4 Å². The van der Waals surface area contributed by atoms with Crippen LogP contribution in [-0.4, -0.2) is 19.0 Å². The van der Waals surface area contributed by atoms with E-state index < -0.39 is 0 Å². The second-order valence-corrected chi connectivity index (χ2v) is 7.32. The molecule has 0 aliphatic heterocycles. The van der Waals surface area contributed by atoms with Gasteiger partial charge in [-0.2, -0.15) is 0 Å². The number of anilines is 1. The first kappa shape index (κ1) is 22.1. The van der Waals surface area contributed by atoms with E-state index in [1.165, 1.54) is 14.0 Å². The number of rotatable bonds is 9. The van der Waals surface area contributed by atoms with Crippen molar-refractivity contribution in [1.82, 2.24) is 0 Å². The Labute approximate surface area is 183 Å². The number of carbonyl (C=O) groups is 2. The molecule has 0 spiro atoms. The molecule has 0 aliphatic carbocycles. The molecule has 0 atom stereocenters. The highest BCUT2D eigenvalue weighted by atomic mass is 16.5. The molecule has 3 aromatic rings. The summed E-state index contributed by atoms with van der Waals surface area (Å²) in [6, 6.07) is 23.2. The molecule has 160 valence electrons. The minimum atomic E-state index is -0.332. The monoisotopic (exact) mass is 417 g/mol. The highest BCUT2D eigenvalue weighted by molar-refractivity contribution is 5.89. The lowest BCUT2D eigenvalue weighted by atomic mass is 10.0. The Morgan fingerprint density at radius 2 is 1.61 bits per heavy atom. The van der Waals surface area contributed by atoms with Crippen LogP contribution in [0, 0.1) is 0 Å². The Morgan fingerprint density at radius 3 is 2.29 bits per heavy atom. The first-order chi connectivity index (χ1) is 15.0. The number of methoxy groups -OCH3 is 1. The number of esters is 1. The van der Waals surface area contributed by atoms with Crippen molar-refractivity contribution >= 4 is 17.6 Å². The van der Waals surface area contributed by atoms with Gasteiger partial charge in [-0.15, -0.1) is 0 Å². The zero-order valence-corrected chi connectivity index (χ0v) is 17.9. The molecule has 0 aromatic heterocycles. The van der Waals surface area contributed by atoms with E-state index in [0.29, 0.717) is 12.2 Å². The highest BCUT2D eigenvalue weighted by Crippen LogP contribution is 2.26. The van der Waals surface area contributed by atoms with E-state index in [2.05, 4.69) is 5.32 Å². The Hall–Kier alpha value is -3.60. The van der Waals surface area contributed by atoms with Gasteiger partial charge in [-0.05, 0) is 66.3 Å².